The van der Waals surface area contributed by atoms with Gasteiger partial charge in [-0.05, 0) is 32.9 Å². The lowest BCUT2D eigenvalue weighted by Crippen LogP contribution is -2.31. The summed E-state index contributed by atoms with van der Waals surface area (Å²) in [6.45, 7) is 5.71. The zero-order valence-corrected chi connectivity index (χ0v) is 12.8. The topological polar surface area (TPSA) is 80.2 Å². The smallest absolute Gasteiger partial charge is 0.223 e. The first-order valence-corrected chi connectivity index (χ1v) is 6.77. The lowest BCUT2D eigenvalue weighted by atomic mass is 10.1. The molecule has 1 amide bonds. The van der Waals surface area contributed by atoms with Crippen molar-refractivity contribution in [1.29, 1.82) is 0 Å². The van der Waals surface area contributed by atoms with Crippen LogP contribution in [0.3, 0.4) is 0 Å². The molecule has 0 saturated carbocycles. The third-order valence-corrected chi connectivity index (χ3v) is 2.76. The molecule has 116 valence electrons. The van der Waals surface area contributed by atoms with Gasteiger partial charge in [0.25, 0.3) is 0 Å². The Balaban J connectivity index is 2.74. The zero-order valence-electron chi connectivity index (χ0n) is 12.8. The minimum absolute atomic E-state index is 0.0676. The predicted molar refractivity (Wildman–Crippen MR) is 80.4 cm³/mol. The summed E-state index contributed by atoms with van der Waals surface area (Å²) in [7, 11) is 1.56. The lowest BCUT2D eigenvalue weighted by Gasteiger charge is -2.13. The fourth-order valence-corrected chi connectivity index (χ4v) is 1.75. The highest BCUT2D eigenvalue weighted by Gasteiger charge is 2.10. The van der Waals surface area contributed by atoms with Crippen molar-refractivity contribution < 1.29 is 19.5 Å². The number of carbonyl (C=O) groups is 1. The molecule has 0 aliphatic carbocycles. The summed E-state index contributed by atoms with van der Waals surface area (Å²) in [6.07, 6.45) is 0.254. The zero-order chi connectivity index (χ0) is 15.8. The summed E-state index contributed by atoms with van der Waals surface area (Å²) >= 11 is 0. The highest BCUT2D eigenvalue weighted by Crippen LogP contribution is 2.25. The highest BCUT2D eigenvalue weighted by molar-refractivity contribution is 6.00. The molecule has 0 aliphatic rings. The summed E-state index contributed by atoms with van der Waals surface area (Å²) in [6, 6.07) is 5.30. The van der Waals surface area contributed by atoms with Gasteiger partial charge in [-0.2, -0.15) is 0 Å². The van der Waals surface area contributed by atoms with Crippen LogP contribution in [0.5, 0.6) is 11.5 Å². The van der Waals surface area contributed by atoms with Gasteiger partial charge in [0.2, 0.25) is 5.91 Å². The number of ether oxygens (including phenoxy) is 2. The van der Waals surface area contributed by atoms with Crippen molar-refractivity contribution in [3.05, 3.63) is 23.8 Å². The van der Waals surface area contributed by atoms with E-state index in [-0.39, 0.29) is 25.0 Å². The second-order valence-electron chi connectivity index (χ2n) is 4.87. The summed E-state index contributed by atoms with van der Waals surface area (Å²) in [5.41, 5.74) is 1.09. The number of amides is 1. The summed E-state index contributed by atoms with van der Waals surface area (Å²) < 4.78 is 10.8. The number of benzene rings is 1. The van der Waals surface area contributed by atoms with Crippen molar-refractivity contribution in [3.8, 4) is 11.5 Å². The maximum Gasteiger partial charge on any atom is 0.223 e. The van der Waals surface area contributed by atoms with E-state index in [1.807, 2.05) is 13.8 Å². The van der Waals surface area contributed by atoms with Crippen molar-refractivity contribution in [2.24, 2.45) is 5.16 Å². The molecule has 1 aromatic carbocycles. The standard InChI is InChI=1S/C15H22N2O4/c1-10(2)16-15(18)7-8-21-14-9-12(20-4)5-6-13(14)11(3)17-19/h5-6,9-10,19H,7-8H2,1-4H3,(H,16,18)/b17-11+. The van der Waals surface area contributed by atoms with Gasteiger partial charge in [0.15, 0.2) is 0 Å². The van der Waals surface area contributed by atoms with Gasteiger partial charge in [0.1, 0.15) is 11.5 Å². The number of rotatable bonds is 7. The van der Waals surface area contributed by atoms with Crippen molar-refractivity contribution in [3.63, 3.8) is 0 Å². The van der Waals surface area contributed by atoms with E-state index in [2.05, 4.69) is 10.5 Å². The molecule has 2 N–H and O–H groups in total. The molecule has 0 saturated heterocycles. The molecule has 0 aliphatic heterocycles. The van der Waals surface area contributed by atoms with E-state index in [0.717, 1.165) is 0 Å². The number of nitrogens with zero attached hydrogens (tertiary/aromatic N) is 1. The fourth-order valence-electron chi connectivity index (χ4n) is 1.75. The number of methoxy groups -OCH3 is 1. The van der Waals surface area contributed by atoms with Crippen LogP contribution < -0.4 is 14.8 Å². The van der Waals surface area contributed by atoms with E-state index in [0.29, 0.717) is 22.8 Å². The number of oxime groups is 1. The maximum atomic E-state index is 11.6. The molecule has 6 heteroatoms. The van der Waals surface area contributed by atoms with E-state index in [1.54, 1.807) is 32.2 Å². The first-order chi connectivity index (χ1) is 9.97. The van der Waals surface area contributed by atoms with Crippen molar-refractivity contribution in [2.75, 3.05) is 13.7 Å². The van der Waals surface area contributed by atoms with Crippen LogP contribution in [0.15, 0.2) is 23.4 Å². The van der Waals surface area contributed by atoms with Crippen molar-refractivity contribution in [2.45, 2.75) is 33.2 Å². The van der Waals surface area contributed by atoms with Gasteiger partial charge in [-0.3, -0.25) is 4.79 Å². The van der Waals surface area contributed by atoms with Crippen LogP contribution in [0.4, 0.5) is 0 Å². The molecular weight excluding hydrogens is 272 g/mol. The van der Waals surface area contributed by atoms with Gasteiger partial charge >= 0.3 is 0 Å². The molecule has 1 aromatic rings. The lowest BCUT2D eigenvalue weighted by molar-refractivity contribution is -0.122. The Kier molecular flexibility index (Phi) is 6.52. The Labute approximate surface area is 124 Å². The SMILES string of the molecule is COc1ccc(/C(C)=N/O)c(OCCC(=O)NC(C)C)c1. The van der Waals surface area contributed by atoms with E-state index in [9.17, 15) is 4.79 Å². The largest absolute Gasteiger partial charge is 0.497 e. The molecule has 0 spiro atoms. The maximum absolute atomic E-state index is 11.6. The molecule has 1 rings (SSSR count). The molecule has 0 heterocycles. The normalized spacial score (nSPS) is 11.4. The van der Waals surface area contributed by atoms with E-state index in [1.165, 1.54) is 0 Å². The van der Waals surface area contributed by atoms with Crippen LogP contribution in [-0.4, -0.2) is 36.6 Å². The molecule has 6 nitrogen and oxygen atoms in total. The Morgan fingerprint density at radius 2 is 2.14 bits per heavy atom. The Morgan fingerprint density at radius 1 is 1.43 bits per heavy atom. The van der Waals surface area contributed by atoms with E-state index < -0.39 is 0 Å². The van der Waals surface area contributed by atoms with Crippen LogP contribution in [0, 0.1) is 0 Å². The second-order valence-corrected chi connectivity index (χ2v) is 4.87. The second kappa shape index (κ2) is 8.14. The Hall–Kier alpha value is -2.24. The molecule has 0 fully saturated rings. The average Bonchev–Trinajstić information content (AvgIpc) is 2.45. The summed E-state index contributed by atoms with van der Waals surface area (Å²) in [5.74, 6) is 1.08. The van der Waals surface area contributed by atoms with E-state index >= 15 is 0 Å². The molecule has 0 atom stereocenters. The van der Waals surface area contributed by atoms with Gasteiger partial charge in [0.05, 0.1) is 25.8 Å². The molecule has 0 radical (unpaired) electrons. The molecule has 0 aromatic heterocycles. The van der Waals surface area contributed by atoms with Crippen molar-refractivity contribution in [1.82, 2.24) is 5.32 Å². The quantitative estimate of drug-likeness (QED) is 0.459. The third-order valence-electron chi connectivity index (χ3n) is 2.76. The third kappa shape index (κ3) is 5.33. The first kappa shape index (κ1) is 16.8. The monoisotopic (exact) mass is 294 g/mol. The van der Waals surface area contributed by atoms with Gasteiger partial charge in [-0.25, -0.2) is 0 Å². The highest BCUT2D eigenvalue weighted by atomic mass is 16.5. The number of nitrogens with one attached hydrogen (secondary N) is 1. The van der Waals surface area contributed by atoms with Gasteiger partial charge < -0.3 is 20.0 Å². The summed E-state index contributed by atoms with van der Waals surface area (Å²) in [4.78, 5) is 11.6. The minimum Gasteiger partial charge on any atom is -0.497 e. The van der Waals surface area contributed by atoms with Crippen LogP contribution in [0.1, 0.15) is 32.8 Å². The van der Waals surface area contributed by atoms with Gasteiger partial charge in [0, 0.05) is 17.7 Å². The van der Waals surface area contributed by atoms with Crippen LogP contribution in [0.25, 0.3) is 0 Å². The van der Waals surface area contributed by atoms with Crippen LogP contribution in [-0.2, 0) is 4.79 Å². The van der Waals surface area contributed by atoms with Crippen LogP contribution in [0.2, 0.25) is 0 Å². The molecule has 0 bridgehead atoms. The Morgan fingerprint density at radius 3 is 2.71 bits per heavy atom. The average molecular weight is 294 g/mol. The number of hydrogen-bond acceptors (Lipinski definition) is 5. The van der Waals surface area contributed by atoms with Crippen LogP contribution >= 0.6 is 0 Å². The number of carbonyl (C=O) groups excluding carboxylic acids is 1. The van der Waals surface area contributed by atoms with Gasteiger partial charge in [-0.15, -0.1) is 0 Å². The Bertz CT molecular complexity index is 512. The minimum atomic E-state index is -0.0676. The molecule has 21 heavy (non-hydrogen) atoms. The molecule has 0 unspecified atom stereocenters. The van der Waals surface area contributed by atoms with Crippen molar-refractivity contribution >= 4 is 11.6 Å². The fraction of sp³-hybridized carbons (Fsp3) is 0.467. The van der Waals surface area contributed by atoms with E-state index in [4.69, 9.17) is 14.7 Å². The predicted octanol–water partition coefficient (Wildman–Crippen LogP) is 2.19. The number of hydrogen-bond donors (Lipinski definition) is 2. The first-order valence-electron chi connectivity index (χ1n) is 6.77. The summed E-state index contributed by atoms with van der Waals surface area (Å²) in [5, 5.41) is 14.9. The molecular formula is C15H22N2O4. The van der Waals surface area contributed by atoms with Gasteiger partial charge in [-0.1, -0.05) is 5.16 Å².